The van der Waals surface area contributed by atoms with Crippen LogP contribution in [0.3, 0.4) is 0 Å². The normalized spacial score (nSPS) is 33.9. The summed E-state index contributed by atoms with van der Waals surface area (Å²) in [5.41, 5.74) is 0. The van der Waals surface area contributed by atoms with Gasteiger partial charge in [0.25, 0.3) is 0 Å². The average molecular weight is 287 g/mol. The van der Waals surface area contributed by atoms with Crippen LogP contribution >= 0.6 is 0 Å². The number of hydrogen-bond donors (Lipinski definition) is 0. The monoisotopic (exact) mass is 287 g/mol. The van der Waals surface area contributed by atoms with Gasteiger partial charge in [0, 0.05) is 5.92 Å². The Bertz CT molecular complexity index is 335. The lowest BCUT2D eigenvalue weighted by molar-refractivity contribution is 0.168. The predicted molar refractivity (Wildman–Crippen MR) is 89.8 cm³/mol. The van der Waals surface area contributed by atoms with E-state index in [0.29, 0.717) is 5.92 Å². The van der Waals surface area contributed by atoms with Gasteiger partial charge in [0.15, 0.2) is 0 Å². The average Bonchev–Trinajstić information content (AvgIpc) is 2.55. The third-order valence-corrected chi connectivity index (χ3v) is 5.82. The molecule has 0 heterocycles. The van der Waals surface area contributed by atoms with Gasteiger partial charge in [0.1, 0.15) is 0 Å². The second-order valence-corrected chi connectivity index (χ2v) is 7.34. The van der Waals surface area contributed by atoms with Gasteiger partial charge >= 0.3 is 0 Å². The van der Waals surface area contributed by atoms with Crippen molar-refractivity contribution in [2.24, 2.45) is 23.7 Å². The number of unbranched alkanes of at least 4 members (excludes halogenated alkanes) is 3. The Hall–Kier alpha value is -0.770. The number of rotatable bonds is 6. The molecule has 0 bridgehead atoms. The number of hydrogen-bond acceptors (Lipinski definition) is 1. The quantitative estimate of drug-likeness (QED) is 0.418. The van der Waals surface area contributed by atoms with Crippen molar-refractivity contribution >= 4 is 0 Å². The second kappa shape index (κ2) is 9.29. The zero-order chi connectivity index (χ0) is 14.9. The van der Waals surface area contributed by atoms with Crippen molar-refractivity contribution in [1.29, 1.82) is 5.26 Å². The topological polar surface area (TPSA) is 23.8 Å². The zero-order valence-corrected chi connectivity index (χ0v) is 13.9. The van der Waals surface area contributed by atoms with Crippen molar-refractivity contribution in [3.63, 3.8) is 0 Å². The van der Waals surface area contributed by atoms with E-state index < -0.39 is 0 Å². The molecule has 0 unspecified atom stereocenters. The minimum Gasteiger partial charge on any atom is -0.198 e. The van der Waals surface area contributed by atoms with Crippen LogP contribution in [0, 0.1) is 35.0 Å². The van der Waals surface area contributed by atoms with Gasteiger partial charge in [-0.2, -0.15) is 5.26 Å². The summed E-state index contributed by atoms with van der Waals surface area (Å²) in [5, 5.41) is 9.00. The molecule has 0 atom stereocenters. The van der Waals surface area contributed by atoms with Gasteiger partial charge in [-0.15, -0.1) is 0 Å². The van der Waals surface area contributed by atoms with E-state index in [1.54, 1.807) is 0 Å². The molecule has 0 aliphatic heterocycles. The Labute approximate surface area is 131 Å². The molecular weight excluding hydrogens is 254 g/mol. The summed E-state index contributed by atoms with van der Waals surface area (Å²) in [5.74, 6) is 3.13. The Morgan fingerprint density at radius 2 is 1.52 bits per heavy atom. The highest BCUT2D eigenvalue weighted by Crippen LogP contribution is 2.41. The molecular formula is C20H33N. The van der Waals surface area contributed by atoms with Crippen molar-refractivity contribution in [3.8, 4) is 6.07 Å². The van der Waals surface area contributed by atoms with Crippen LogP contribution in [-0.4, -0.2) is 0 Å². The standard InChI is InChI=1S/C20H33N/c1-2-3-4-5-6-7-17-8-12-19(13-9-17)20-14-10-18(16-21)11-15-20/h6-7,17-20H,2-5,8-15H2,1H3. The van der Waals surface area contributed by atoms with Crippen molar-refractivity contribution in [2.45, 2.75) is 84.0 Å². The van der Waals surface area contributed by atoms with Crippen molar-refractivity contribution < 1.29 is 0 Å². The van der Waals surface area contributed by atoms with Crippen LogP contribution < -0.4 is 0 Å². The van der Waals surface area contributed by atoms with E-state index >= 15 is 0 Å². The summed E-state index contributed by atoms with van der Waals surface area (Å²) in [7, 11) is 0. The predicted octanol–water partition coefficient (Wildman–Crippen LogP) is 6.26. The lowest BCUT2D eigenvalue weighted by atomic mass is 9.69. The molecule has 0 N–H and O–H groups in total. The number of allylic oxidation sites excluding steroid dienone is 2. The van der Waals surface area contributed by atoms with Gasteiger partial charge in [-0.25, -0.2) is 0 Å². The fourth-order valence-corrected chi connectivity index (χ4v) is 4.33. The van der Waals surface area contributed by atoms with E-state index in [1.165, 1.54) is 77.0 Å². The van der Waals surface area contributed by atoms with Crippen LogP contribution in [0.1, 0.15) is 84.0 Å². The molecule has 0 aromatic carbocycles. The van der Waals surface area contributed by atoms with Crippen LogP contribution in [0.5, 0.6) is 0 Å². The Morgan fingerprint density at radius 3 is 2.10 bits per heavy atom. The molecule has 0 aromatic rings. The molecule has 0 amide bonds. The van der Waals surface area contributed by atoms with Gasteiger partial charge in [-0.3, -0.25) is 0 Å². The van der Waals surface area contributed by atoms with E-state index in [2.05, 4.69) is 25.1 Å². The highest BCUT2D eigenvalue weighted by molar-refractivity contribution is 4.93. The van der Waals surface area contributed by atoms with E-state index in [9.17, 15) is 0 Å². The SMILES string of the molecule is CCCCCC=CC1CCC(C2CCC(C#N)CC2)CC1. The van der Waals surface area contributed by atoms with Crippen molar-refractivity contribution in [3.05, 3.63) is 12.2 Å². The third-order valence-electron chi connectivity index (χ3n) is 5.82. The van der Waals surface area contributed by atoms with Crippen LogP contribution in [-0.2, 0) is 0 Å². The molecule has 0 spiro atoms. The summed E-state index contributed by atoms with van der Waals surface area (Å²) in [6.07, 6.45) is 21.0. The molecule has 1 nitrogen and oxygen atoms in total. The molecule has 2 rings (SSSR count). The summed E-state index contributed by atoms with van der Waals surface area (Å²) < 4.78 is 0. The van der Waals surface area contributed by atoms with Gasteiger partial charge in [0.2, 0.25) is 0 Å². The first kappa shape index (κ1) is 16.6. The number of nitrogens with zero attached hydrogens (tertiary/aromatic N) is 1. The van der Waals surface area contributed by atoms with Crippen LogP contribution in [0.2, 0.25) is 0 Å². The molecule has 1 heteroatoms. The maximum Gasteiger partial charge on any atom is 0.0655 e. The van der Waals surface area contributed by atoms with E-state index in [4.69, 9.17) is 5.26 Å². The summed E-state index contributed by atoms with van der Waals surface area (Å²) in [6.45, 7) is 2.27. The maximum atomic E-state index is 9.00. The highest BCUT2D eigenvalue weighted by atomic mass is 14.4. The van der Waals surface area contributed by atoms with Gasteiger partial charge < -0.3 is 0 Å². The van der Waals surface area contributed by atoms with E-state index in [0.717, 1.165) is 17.8 Å². The third kappa shape index (κ3) is 5.50. The first-order valence-electron chi connectivity index (χ1n) is 9.39. The van der Waals surface area contributed by atoms with E-state index in [1.807, 2.05) is 0 Å². The Balaban J connectivity index is 1.63. The molecule has 0 saturated heterocycles. The van der Waals surface area contributed by atoms with E-state index in [-0.39, 0.29) is 0 Å². The second-order valence-electron chi connectivity index (χ2n) is 7.34. The first-order chi connectivity index (χ1) is 10.3. The van der Waals surface area contributed by atoms with Gasteiger partial charge in [-0.05, 0) is 82.0 Å². The minimum absolute atomic E-state index is 0.364. The maximum absolute atomic E-state index is 9.00. The smallest absolute Gasteiger partial charge is 0.0655 e. The molecule has 118 valence electrons. The summed E-state index contributed by atoms with van der Waals surface area (Å²) >= 11 is 0. The molecule has 21 heavy (non-hydrogen) atoms. The lowest BCUT2D eigenvalue weighted by Crippen LogP contribution is -2.25. The molecule has 2 aliphatic carbocycles. The molecule has 2 aliphatic rings. The number of nitriles is 1. The van der Waals surface area contributed by atoms with Gasteiger partial charge in [0.05, 0.1) is 6.07 Å². The highest BCUT2D eigenvalue weighted by Gasteiger charge is 2.30. The Morgan fingerprint density at radius 1 is 0.905 bits per heavy atom. The minimum atomic E-state index is 0.364. The van der Waals surface area contributed by atoms with Crippen LogP contribution in [0.15, 0.2) is 12.2 Å². The molecule has 0 radical (unpaired) electrons. The zero-order valence-electron chi connectivity index (χ0n) is 13.9. The summed E-state index contributed by atoms with van der Waals surface area (Å²) in [6, 6.07) is 2.46. The molecule has 0 aromatic heterocycles. The first-order valence-corrected chi connectivity index (χ1v) is 9.39. The van der Waals surface area contributed by atoms with Crippen LogP contribution in [0.25, 0.3) is 0 Å². The Kier molecular flexibility index (Phi) is 7.34. The van der Waals surface area contributed by atoms with Crippen LogP contribution in [0.4, 0.5) is 0 Å². The fraction of sp³-hybridized carbons (Fsp3) is 0.850. The van der Waals surface area contributed by atoms with Crippen molar-refractivity contribution in [2.75, 3.05) is 0 Å². The van der Waals surface area contributed by atoms with Gasteiger partial charge in [-0.1, -0.05) is 31.9 Å². The molecule has 2 fully saturated rings. The molecule has 2 saturated carbocycles. The fourth-order valence-electron chi connectivity index (χ4n) is 4.33. The summed E-state index contributed by atoms with van der Waals surface area (Å²) in [4.78, 5) is 0. The largest absolute Gasteiger partial charge is 0.198 e. The van der Waals surface area contributed by atoms with Crippen molar-refractivity contribution in [1.82, 2.24) is 0 Å². The lowest BCUT2D eigenvalue weighted by Gasteiger charge is -2.36.